The van der Waals surface area contributed by atoms with Crippen LogP contribution in [0.4, 0.5) is 4.79 Å². The Labute approximate surface area is 161 Å². The fraction of sp³-hybridized carbons (Fsp3) is 0.263. The standard InChI is InChI=1S/C19H21BrN2O4/c1-12(14-6-4-5-7-16(14)20)22-19(24)21-11-13-8-9-17(25-2)15(10-13)18(23)26-3/h4-10,12H,11H2,1-3H3,(H2,21,22,24)/t12-/m1/s1. The van der Waals surface area contributed by atoms with Gasteiger partial charge in [-0.25, -0.2) is 9.59 Å². The molecule has 138 valence electrons. The average molecular weight is 421 g/mol. The first-order chi connectivity index (χ1) is 12.5. The van der Waals surface area contributed by atoms with Crippen molar-refractivity contribution in [3.8, 4) is 5.75 Å². The molecule has 2 aromatic carbocycles. The second-order valence-corrected chi connectivity index (χ2v) is 6.45. The van der Waals surface area contributed by atoms with E-state index in [0.29, 0.717) is 11.3 Å². The molecule has 0 fully saturated rings. The summed E-state index contributed by atoms with van der Waals surface area (Å²) in [5.74, 6) is -0.0664. The zero-order valence-electron chi connectivity index (χ0n) is 14.8. The van der Waals surface area contributed by atoms with Gasteiger partial charge in [0.05, 0.1) is 20.3 Å². The maximum Gasteiger partial charge on any atom is 0.341 e. The van der Waals surface area contributed by atoms with Crippen LogP contribution in [0.2, 0.25) is 0 Å². The first-order valence-electron chi connectivity index (χ1n) is 8.00. The Morgan fingerprint density at radius 1 is 1.15 bits per heavy atom. The van der Waals surface area contributed by atoms with Gasteiger partial charge in [-0.05, 0) is 36.2 Å². The summed E-state index contributed by atoms with van der Waals surface area (Å²) in [5, 5.41) is 5.66. The number of halogens is 1. The zero-order chi connectivity index (χ0) is 19.1. The number of ether oxygens (including phenoxy) is 2. The molecule has 0 bridgehead atoms. The van der Waals surface area contributed by atoms with Crippen LogP contribution in [-0.2, 0) is 11.3 Å². The fourth-order valence-electron chi connectivity index (χ4n) is 2.47. The lowest BCUT2D eigenvalue weighted by molar-refractivity contribution is 0.0597. The van der Waals surface area contributed by atoms with Gasteiger partial charge in [0.1, 0.15) is 11.3 Å². The average Bonchev–Trinajstić information content (AvgIpc) is 2.65. The second kappa shape index (κ2) is 9.24. The summed E-state index contributed by atoms with van der Waals surface area (Å²) in [6, 6.07) is 12.3. The number of rotatable bonds is 6. The number of hydrogen-bond acceptors (Lipinski definition) is 4. The molecule has 0 aromatic heterocycles. The highest BCUT2D eigenvalue weighted by molar-refractivity contribution is 9.10. The van der Waals surface area contributed by atoms with E-state index in [2.05, 4.69) is 26.6 Å². The lowest BCUT2D eigenvalue weighted by Crippen LogP contribution is -2.36. The van der Waals surface area contributed by atoms with E-state index < -0.39 is 5.97 Å². The number of methoxy groups -OCH3 is 2. The Morgan fingerprint density at radius 2 is 1.88 bits per heavy atom. The first kappa shape index (κ1) is 19.8. The summed E-state index contributed by atoms with van der Waals surface area (Å²) in [4.78, 5) is 24.0. The lowest BCUT2D eigenvalue weighted by Gasteiger charge is -2.16. The highest BCUT2D eigenvalue weighted by Crippen LogP contribution is 2.23. The molecule has 0 saturated carbocycles. The molecule has 2 aromatic rings. The van der Waals surface area contributed by atoms with E-state index in [1.807, 2.05) is 31.2 Å². The number of hydrogen-bond donors (Lipinski definition) is 2. The molecule has 2 N–H and O–H groups in total. The Kier molecular flexibility index (Phi) is 7.03. The third-order valence-electron chi connectivity index (χ3n) is 3.84. The van der Waals surface area contributed by atoms with Crippen molar-refractivity contribution in [2.24, 2.45) is 0 Å². The van der Waals surface area contributed by atoms with Crippen molar-refractivity contribution < 1.29 is 19.1 Å². The van der Waals surface area contributed by atoms with Crippen LogP contribution in [0.25, 0.3) is 0 Å². The molecule has 6 nitrogen and oxygen atoms in total. The summed E-state index contributed by atoms with van der Waals surface area (Å²) in [7, 11) is 2.79. The van der Waals surface area contributed by atoms with Gasteiger partial charge in [-0.3, -0.25) is 0 Å². The van der Waals surface area contributed by atoms with Gasteiger partial charge >= 0.3 is 12.0 Å². The normalized spacial score (nSPS) is 11.4. The minimum absolute atomic E-state index is 0.160. The van der Waals surface area contributed by atoms with E-state index >= 15 is 0 Å². The van der Waals surface area contributed by atoms with E-state index in [9.17, 15) is 9.59 Å². The molecule has 0 aliphatic heterocycles. The predicted octanol–water partition coefficient (Wildman–Crippen LogP) is 3.80. The number of esters is 1. The van der Waals surface area contributed by atoms with Crippen molar-refractivity contribution in [2.45, 2.75) is 19.5 Å². The molecule has 0 aliphatic carbocycles. The molecule has 0 radical (unpaired) electrons. The monoisotopic (exact) mass is 420 g/mol. The number of benzene rings is 2. The first-order valence-corrected chi connectivity index (χ1v) is 8.79. The number of urea groups is 1. The molecule has 0 heterocycles. The SMILES string of the molecule is COC(=O)c1cc(CNC(=O)N[C@H](C)c2ccccc2Br)ccc1OC. The van der Waals surface area contributed by atoms with Gasteiger partial charge in [-0.1, -0.05) is 40.2 Å². The van der Waals surface area contributed by atoms with Crippen molar-refractivity contribution >= 4 is 27.9 Å². The summed E-state index contributed by atoms with van der Waals surface area (Å²) in [6.45, 7) is 2.17. The summed E-state index contributed by atoms with van der Waals surface area (Å²) >= 11 is 3.48. The summed E-state index contributed by atoms with van der Waals surface area (Å²) < 4.78 is 10.8. The van der Waals surface area contributed by atoms with Crippen molar-refractivity contribution in [3.05, 3.63) is 63.6 Å². The summed E-state index contributed by atoms with van der Waals surface area (Å²) in [5.41, 5.74) is 2.06. The van der Waals surface area contributed by atoms with Crippen LogP contribution in [0.5, 0.6) is 5.75 Å². The molecule has 0 aliphatic rings. The quantitative estimate of drug-likeness (QED) is 0.696. The molecule has 1 atom stereocenters. The lowest BCUT2D eigenvalue weighted by atomic mass is 10.1. The van der Waals surface area contributed by atoms with Gasteiger partial charge in [-0.2, -0.15) is 0 Å². The van der Waals surface area contributed by atoms with E-state index in [-0.39, 0.29) is 18.6 Å². The number of nitrogens with one attached hydrogen (secondary N) is 2. The highest BCUT2D eigenvalue weighted by Gasteiger charge is 2.15. The van der Waals surface area contributed by atoms with Gasteiger partial charge < -0.3 is 20.1 Å². The Balaban J connectivity index is 1.99. The Hall–Kier alpha value is -2.54. The third-order valence-corrected chi connectivity index (χ3v) is 4.56. The minimum atomic E-state index is -0.490. The van der Waals surface area contributed by atoms with Crippen LogP contribution >= 0.6 is 15.9 Å². The van der Waals surface area contributed by atoms with Gasteiger partial charge in [0.25, 0.3) is 0 Å². The molecule has 2 amide bonds. The third kappa shape index (κ3) is 4.98. The highest BCUT2D eigenvalue weighted by atomic mass is 79.9. The number of carbonyl (C=O) groups is 2. The second-order valence-electron chi connectivity index (χ2n) is 5.60. The van der Waals surface area contributed by atoms with E-state index in [1.165, 1.54) is 14.2 Å². The molecular formula is C19H21BrN2O4. The van der Waals surface area contributed by atoms with Crippen LogP contribution in [-0.4, -0.2) is 26.2 Å². The predicted molar refractivity (Wildman–Crippen MR) is 102 cm³/mol. The Bertz CT molecular complexity index is 795. The molecule has 0 saturated heterocycles. The van der Waals surface area contributed by atoms with E-state index in [4.69, 9.17) is 9.47 Å². The fourth-order valence-corrected chi connectivity index (χ4v) is 3.10. The van der Waals surface area contributed by atoms with Crippen molar-refractivity contribution in [1.82, 2.24) is 10.6 Å². The molecular weight excluding hydrogens is 400 g/mol. The molecule has 0 unspecified atom stereocenters. The zero-order valence-corrected chi connectivity index (χ0v) is 16.4. The maximum absolute atomic E-state index is 12.2. The van der Waals surface area contributed by atoms with Crippen molar-refractivity contribution in [3.63, 3.8) is 0 Å². The van der Waals surface area contributed by atoms with Gasteiger partial charge in [0.2, 0.25) is 0 Å². The number of amides is 2. The summed E-state index contributed by atoms with van der Waals surface area (Å²) in [6.07, 6.45) is 0. The largest absolute Gasteiger partial charge is 0.496 e. The minimum Gasteiger partial charge on any atom is -0.496 e. The van der Waals surface area contributed by atoms with Crippen molar-refractivity contribution in [2.75, 3.05) is 14.2 Å². The topological polar surface area (TPSA) is 76.7 Å². The smallest absolute Gasteiger partial charge is 0.341 e. The Morgan fingerprint density at radius 3 is 2.54 bits per heavy atom. The molecule has 26 heavy (non-hydrogen) atoms. The van der Waals surface area contributed by atoms with Crippen molar-refractivity contribution in [1.29, 1.82) is 0 Å². The molecule has 0 spiro atoms. The maximum atomic E-state index is 12.2. The van der Waals surface area contributed by atoms with Gasteiger partial charge in [-0.15, -0.1) is 0 Å². The van der Waals surface area contributed by atoms with Crippen LogP contribution in [0.15, 0.2) is 46.9 Å². The van der Waals surface area contributed by atoms with Gasteiger partial charge in [0.15, 0.2) is 0 Å². The van der Waals surface area contributed by atoms with Crippen LogP contribution in [0, 0.1) is 0 Å². The van der Waals surface area contributed by atoms with E-state index in [0.717, 1.165) is 15.6 Å². The number of carbonyl (C=O) groups excluding carboxylic acids is 2. The molecule has 2 rings (SSSR count). The van der Waals surface area contributed by atoms with Crippen LogP contribution < -0.4 is 15.4 Å². The van der Waals surface area contributed by atoms with Crippen LogP contribution in [0.1, 0.15) is 34.5 Å². The van der Waals surface area contributed by atoms with E-state index in [1.54, 1.807) is 18.2 Å². The van der Waals surface area contributed by atoms with Crippen LogP contribution in [0.3, 0.4) is 0 Å². The molecule has 7 heteroatoms. The van der Waals surface area contributed by atoms with Gasteiger partial charge in [0, 0.05) is 11.0 Å².